The Labute approximate surface area is 184 Å². The minimum Gasteiger partial charge on any atom is -0.489 e. The summed E-state index contributed by atoms with van der Waals surface area (Å²) < 4.78 is 5.77. The molecule has 0 saturated carbocycles. The lowest BCUT2D eigenvalue weighted by atomic mass is 10.1. The van der Waals surface area contributed by atoms with Crippen LogP contribution in [0.4, 0.5) is 5.69 Å². The summed E-state index contributed by atoms with van der Waals surface area (Å²) >= 11 is 1.27. The number of aryl methyl sites for hydroxylation is 2. The Morgan fingerprint density at radius 3 is 2.65 bits per heavy atom. The van der Waals surface area contributed by atoms with Crippen LogP contribution in [-0.4, -0.2) is 17.1 Å². The third-order valence-electron chi connectivity index (χ3n) is 4.74. The van der Waals surface area contributed by atoms with Gasteiger partial charge >= 0.3 is 0 Å². The first-order valence-electron chi connectivity index (χ1n) is 9.77. The Balaban J connectivity index is 1.38. The number of hydrogen-bond acceptors (Lipinski definition) is 6. The molecule has 0 bridgehead atoms. The number of carbonyl (C=O) groups is 1. The van der Waals surface area contributed by atoms with Crippen molar-refractivity contribution in [2.45, 2.75) is 20.5 Å². The molecular weight excluding hydrogens is 408 g/mol. The van der Waals surface area contributed by atoms with E-state index in [1.165, 1.54) is 11.3 Å². The van der Waals surface area contributed by atoms with Crippen molar-refractivity contribution in [3.8, 4) is 5.75 Å². The number of nitrogens with zero attached hydrogens (tertiary/aromatic N) is 2. The van der Waals surface area contributed by atoms with Crippen molar-refractivity contribution in [1.82, 2.24) is 10.4 Å². The number of hydrazone groups is 1. The van der Waals surface area contributed by atoms with Gasteiger partial charge in [-0.05, 0) is 60.9 Å². The molecule has 156 valence electrons. The van der Waals surface area contributed by atoms with Gasteiger partial charge in [-0.25, -0.2) is 10.4 Å². The van der Waals surface area contributed by atoms with Gasteiger partial charge in [-0.2, -0.15) is 5.10 Å². The second-order valence-electron chi connectivity index (χ2n) is 7.15. The Hall–Kier alpha value is -3.71. The molecule has 7 heteroatoms. The van der Waals surface area contributed by atoms with Gasteiger partial charge in [0.15, 0.2) is 0 Å². The van der Waals surface area contributed by atoms with Gasteiger partial charge in [0.1, 0.15) is 22.1 Å². The molecule has 0 radical (unpaired) electrons. The first kappa shape index (κ1) is 20.6. The molecule has 1 amide bonds. The number of nitrogens with two attached hydrogens (primary N) is 1. The zero-order valence-electron chi connectivity index (χ0n) is 17.3. The van der Waals surface area contributed by atoms with Crippen LogP contribution in [0.1, 0.15) is 32.1 Å². The molecule has 0 unspecified atom stereocenters. The molecule has 0 aliphatic heterocycles. The topological polar surface area (TPSA) is 89.6 Å². The summed E-state index contributed by atoms with van der Waals surface area (Å²) in [6.45, 7) is 4.40. The molecule has 3 N–H and O–H groups in total. The second-order valence-corrected chi connectivity index (χ2v) is 8.15. The SMILES string of the molecule is Cc1cc(C)c2c(N)c(C(=O)N/N=C\c3ccc(OCc4ccccc4)cc3)sc2n1. The number of fused-ring (bicyclic) bond motifs is 1. The summed E-state index contributed by atoms with van der Waals surface area (Å²) in [6, 6.07) is 19.4. The minimum atomic E-state index is -0.350. The molecule has 2 aromatic heterocycles. The number of carbonyl (C=O) groups excluding carboxylic acids is 1. The van der Waals surface area contributed by atoms with Crippen LogP contribution in [0.5, 0.6) is 5.75 Å². The average molecular weight is 431 g/mol. The molecule has 4 aromatic rings. The third kappa shape index (κ3) is 4.73. The summed E-state index contributed by atoms with van der Waals surface area (Å²) in [5.74, 6) is 0.415. The summed E-state index contributed by atoms with van der Waals surface area (Å²) in [7, 11) is 0. The zero-order valence-corrected chi connectivity index (χ0v) is 18.1. The van der Waals surface area contributed by atoms with Crippen LogP contribution in [0, 0.1) is 13.8 Å². The van der Waals surface area contributed by atoms with Crippen LogP contribution in [-0.2, 0) is 6.61 Å². The molecule has 0 spiro atoms. The first-order valence-corrected chi connectivity index (χ1v) is 10.6. The summed E-state index contributed by atoms with van der Waals surface area (Å²) in [5.41, 5.74) is 13.0. The smallest absolute Gasteiger partial charge is 0.283 e. The molecule has 0 saturated heterocycles. The van der Waals surface area contributed by atoms with Crippen LogP contribution in [0.15, 0.2) is 65.8 Å². The van der Waals surface area contributed by atoms with Gasteiger partial charge in [-0.3, -0.25) is 4.79 Å². The van der Waals surface area contributed by atoms with Gasteiger partial charge in [0, 0.05) is 11.1 Å². The van der Waals surface area contributed by atoms with Gasteiger partial charge in [0.05, 0.1) is 11.9 Å². The normalized spacial score (nSPS) is 11.2. The van der Waals surface area contributed by atoms with E-state index < -0.39 is 0 Å². The number of ether oxygens (including phenoxy) is 1. The maximum Gasteiger partial charge on any atom is 0.283 e. The number of rotatable bonds is 6. The Morgan fingerprint density at radius 2 is 1.90 bits per heavy atom. The highest BCUT2D eigenvalue weighted by atomic mass is 32.1. The minimum absolute atomic E-state index is 0.350. The van der Waals surface area contributed by atoms with E-state index in [1.54, 1.807) is 6.21 Å². The number of amides is 1. The van der Waals surface area contributed by atoms with Crippen molar-refractivity contribution < 1.29 is 9.53 Å². The molecule has 0 atom stereocenters. The van der Waals surface area contributed by atoms with Crippen LogP contribution in [0.3, 0.4) is 0 Å². The van der Waals surface area contributed by atoms with Crippen molar-refractivity contribution in [3.05, 3.63) is 87.9 Å². The van der Waals surface area contributed by atoms with Crippen molar-refractivity contribution in [3.63, 3.8) is 0 Å². The van der Waals surface area contributed by atoms with Gasteiger partial charge in [-0.1, -0.05) is 30.3 Å². The highest BCUT2D eigenvalue weighted by Crippen LogP contribution is 2.34. The number of nitrogen functional groups attached to an aromatic ring is 1. The predicted octanol–water partition coefficient (Wildman–Crippen LogP) is 4.84. The summed E-state index contributed by atoms with van der Waals surface area (Å²) in [4.78, 5) is 18.2. The first-order chi connectivity index (χ1) is 15.0. The Morgan fingerprint density at radius 1 is 1.16 bits per heavy atom. The third-order valence-corrected chi connectivity index (χ3v) is 5.84. The fourth-order valence-electron chi connectivity index (χ4n) is 3.25. The lowest BCUT2D eigenvalue weighted by Crippen LogP contribution is -2.17. The van der Waals surface area contributed by atoms with E-state index in [0.29, 0.717) is 17.2 Å². The molecular formula is C24H22N4O2S. The average Bonchev–Trinajstić information content (AvgIpc) is 3.10. The quantitative estimate of drug-likeness (QED) is 0.338. The van der Waals surface area contributed by atoms with E-state index in [4.69, 9.17) is 10.5 Å². The lowest BCUT2D eigenvalue weighted by Gasteiger charge is -2.06. The molecule has 0 aliphatic rings. The monoisotopic (exact) mass is 430 g/mol. The fourth-order valence-corrected chi connectivity index (χ4v) is 4.35. The Bertz CT molecular complexity index is 1250. The highest BCUT2D eigenvalue weighted by molar-refractivity contribution is 7.21. The maximum absolute atomic E-state index is 12.6. The zero-order chi connectivity index (χ0) is 21.8. The van der Waals surface area contributed by atoms with Crippen LogP contribution >= 0.6 is 11.3 Å². The standard InChI is InChI=1S/C24H22N4O2S/c1-15-12-16(2)27-24-20(15)21(25)22(31-24)23(29)28-26-13-17-8-10-19(11-9-17)30-14-18-6-4-3-5-7-18/h3-13H,14,25H2,1-2H3,(H,28,29)/b26-13-. The van der Waals surface area contributed by atoms with Gasteiger partial charge in [-0.15, -0.1) is 11.3 Å². The maximum atomic E-state index is 12.6. The lowest BCUT2D eigenvalue weighted by molar-refractivity contribution is 0.0960. The van der Waals surface area contributed by atoms with Crippen molar-refractivity contribution in [1.29, 1.82) is 0 Å². The Kier molecular flexibility index (Phi) is 5.95. The van der Waals surface area contributed by atoms with Crippen molar-refractivity contribution in [2.75, 3.05) is 5.73 Å². The van der Waals surface area contributed by atoms with E-state index in [2.05, 4.69) is 15.5 Å². The highest BCUT2D eigenvalue weighted by Gasteiger charge is 2.18. The van der Waals surface area contributed by atoms with Gasteiger partial charge < -0.3 is 10.5 Å². The van der Waals surface area contributed by atoms with Crippen molar-refractivity contribution in [2.24, 2.45) is 5.10 Å². The number of hydrogen-bond donors (Lipinski definition) is 2. The molecule has 4 rings (SSSR count). The van der Waals surface area contributed by atoms with Crippen LogP contribution in [0.25, 0.3) is 10.2 Å². The van der Waals surface area contributed by atoms with E-state index in [0.717, 1.165) is 38.4 Å². The van der Waals surface area contributed by atoms with E-state index in [1.807, 2.05) is 74.5 Å². The van der Waals surface area contributed by atoms with Crippen LogP contribution in [0.2, 0.25) is 0 Å². The summed E-state index contributed by atoms with van der Waals surface area (Å²) in [5, 5.41) is 4.89. The van der Waals surface area contributed by atoms with Crippen molar-refractivity contribution >= 4 is 39.4 Å². The molecule has 2 heterocycles. The van der Waals surface area contributed by atoms with Crippen LogP contribution < -0.4 is 15.9 Å². The summed E-state index contributed by atoms with van der Waals surface area (Å²) in [6.07, 6.45) is 1.58. The van der Waals surface area contributed by atoms with E-state index in [9.17, 15) is 4.79 Å². The number of pyridine rings is 1. The fraction of sp³-hybridized carbons (Fsp3) is 0.125. The number of nitrogens with one attached hydrogen (secondary N) is 1. The second kappa shape index (κ2) is 8.97. The molecule has 0 fully saturated rings. The number of anilines is 1. The molecule has 31 heavy (non-hydrogen) atoms. The number of benzene rings is 2. The van der Waals surface area contributed by atoms with E-state index in [-0.39, 0.29) is 5.91 Å². The number of thiophene rings is 1. The van der Waals surface area contributed by atoms with Gasteiger partial charge in [0.25, 0.3) is 5.91 Å². The predicted molar refractivity (Wildman–Crippen MR) is 126 cm³/mol. The largest absolute Gasteiger partial charge is 0.489 e. The molecule has 2 aromatic carbocycles. The molecule has 0 aliphatic carbocycles. The van der Waals surface area contributed by atoms with Gasteiger partial charge in [0.2, 0.25) is 0 Å². The molecule has 6 nitrogen and oxygen atoms in total. The van der Waals surface area contributed by atoms with E-state index >= 15 is 0 Å². The number of aromatic nitrogens is 1.